The number of amides is 1. The second-order valence-corrected chi connectivity index (χ2v) is 13.6. The molecular weight excluding hydrogens is 724 g/mol. The molecule has 0 saturated heterocycles. The molecular formula is C46H66F2N5O2P. The molecule has 10 heteroatoms. The Kier molecular flexibility index (Phi) is 25.6. The Bertz CT molecular complexity index is 1740. The van der Waals surface area contributed by atoms with Gasteiger partial charge in [-0.05, 0) is 83.0 Å². The van der Waals surface area contributed by atoms with E-state index >= 15 is 0 Å². The Morgan fingerprint density at radius 3 is 2.07 bits per heavy atom. The topological polar surface area (TPSA) is 94.9 Å². The van der Waals surface area contributed by atoms with Crippen LogP contribution < -0.4 is 16.0 Å². The summed E-state index contributed by atoms with van der Waals surface area (Å²) in [4.78, 5) is 33.1. The molecule has 0 saturated carbocycles. The monoisotopic (exact) mass is 789 g/mol. The number of aryl methyl sites for hydroxylation is 2. The van der Waals surface area contributed by atoms with E-state index in [1.165, 1.54) is 16.7 Å². The maximum absolute atomic E-state index is 13.6. The van der Waals surface area contributed by atoms with Crippen molar-refractivity contribution in [3.8, 4) is 0 Å². The summed E-state index contributed by atoms with van der Waals surface area (Å²) in [6.45, 7) is 29.1. The minimum Gasteiger partial charge on any atom is -0.361 e. The van der Waals surface area contributed by atoms with Crippen LogP contribution in [0.1, 0.15) is 90.5 Å². The molecule has 0 aliphatic rings. The molecule has 0 radical (unpaired) electrons. The number of benzene rings is 2. The Balaban J connectivity index is 0.00000301. The number of aliphatic imine (C=N–C) groups is 2. The number of allylic oxidation sites excluding steroid dienone is 7. The molecule has 0 spiro atoms. The van der Waals surface area contributed by atoms with Crippen LogP contribution in [0, 0.1) is 19.8 Å². The summed E-state index contributed by atoms with van der Waals surface area (Å²) in [5, 5.41) is 9.74. The number of hydrogen-bond donors (Lipinski definition) is 3. The fraction of sp³-hybridized carbons (Fsp3) is 0.391. The van der Waals surface area contributed by atoms with Gasteiger partial charge in [-0.25, -0.2) is 0 Å². The number of Topliss-reactive ketones (excluding diaryl/α,β-unsaturated/α-hetero) is 1. The van der Waals surface area contributed by atoms with Crippen LogP contribution in [0.5, 0.6) is 0 Å². The van der Waals surface area contributed by atoms with E-state index in [2.05, 4.69) is 110 Å². The first-order chi connectivity index (χ1) is 26.5. The highest BCUT2D eigenvalue weighted by Crippen LogP contribution is 2.24. The van der Waals surface area contributed by atoms with Crippen molar-refractivity contribution in [2.75, 3.05) is 25.5 Å². The summed E-state index contributed by atoms with van der Waals surface area (Å²) in [6, 6.07) is 14.6. The molecule has 0 aromatic heterocycles. The molecule has 0 heterocycles. The van der Waals surface area contributed by atoms with Gasteiger partial charge in [-0.2, -0.15) is 8.78 Å². The molecule has 56 heavy (non-hydrogen) atoms. The Hall–Kier alpha value is -4.59. The Labute approximate surface area is 338 Å². The number of rotatable bonds is 19. The van der Waals surface area contributed by atoms with Gasteiger partial charge >= 0.3 is 5.66 Å². The molecule has 2 rings (SSSR count). The van der Waals surface area contributed by atoms with Crippen LogP contribution in [-0.2, 0) is 16.1 Å². The molecule has 2 aromatic rings. The zero-order valence-electron chi connectivity index (χ0n) is 35.6. The zero-order valence-corrected chi connectivity index (χ0v) is 36.7. The van der Waals surface area contributed by atoms with Gasteiger partial charge in [0.15, 0.2) is 0 Å². The van der Waals surface area contributed by atoms with Crippen molar-refractivity contribution < 1.29 is 18.4 Å². The summed E-state index contributed by atoms with van der Waals surface area (Å²) in [6.07, 6.45) is 13.0. The van der Waals surface area contributed by atoms with Gasteiger partial charge in [-0.15, -0.1) is 0 Å². The second-order valence-electron chi connectivity index (χ2n) is 12.8. The predicted molar refractivity (Wildman–Crippen MR) is 241 cm³/mol. The van der Waals surface area contributed by atoms with Crippen LogP contribution in [0.3, 0.4) is 0 Å². The lowest BCUT2D eigenvalue weighted by atomic mass is 9.92. The van der Waals surface area contributed by atoms with Crippen LogP contribution in [0.25, 0.3) is 0 Å². The van der Waals surface area contributed by atoms with Gasteiger partial charge in [-0.3, -0.25) is 19.6 Å². The number of carbonyl (C=O) groups excluding carboxylic acids is 2. The van der Waals surface area contributed by atoms with Crippen LogP contribution >= 0.6 is 9.24 Å². The fourth-order valence-electron chi connectivity index (χ4n) is 5.07. The third kappa shape index (κ3) is 18.8. The van der Waals surface area contributed by atoms with Gasteiger partial charge < -0.3 is 16.0 Å². The first-order valence-electron chi connectivity index (χ1n) is 19.2. The Morgan fingerprint density at radius 2 is 1.57 bits per heavy atom. The lowest BCUT2D eigenvalue weighted by molar-refractivity contribution is -0.130. The lowest BCUT2D eigenvalue weighted by Crippen LogP contribution is -2.33. The summed E-state index contributed by atoms with van der Waals surface area (Å²) in [7, 11) is 3.08. The molecule has 7 nitrogen and oxygen atoms in total. The van der Waals surface area contributed by atoms with E-state index in [4.69, 9.17) is 4.99 Å². The Morgan fingerprint density at radius 1 is 0.982 bits per heavy atom. The number of anilines is 1. The summed E-state index contributed by atoms with van der Waals surface area (Å²) < 4.78 is 22.9. The smallest absolute Gasteiger partial charge is 0.315 e. The number of alkyl halides is 2. The molecule has 0 aliphatic carbocycles. The van der Waals surface area contributed by atoms with Crippen LogP contribution in [0.15, 0.2) is 125 Å². The van der Waals surface area contributed by atoms with Gasteiger partial charge in [-0.1, -0.05) is 129 Å². The molecule has 2 atom stereocenters. The van der Waals surface area contributed by atoms with E-state index in [1.54, 1.807) is 6.08 Å². The first-order valence-corrected chi connectivity index (χ1v) is 19.8. The number of nitrogens with zero attached hydrogens (tertiary/aromatic N) is 2. The van der Waals surface area contributed by atoms with Crippen LogP contribution in [0.2, 0.25) is 0 Å². The number of para-hydroxylation sites is 1. The van der Waals surface area contributed by atoms with Crippen molar-refractivity contribution in [1.82, 2.24) is 10.6 Å². The molecule has 0 bridgehead atoms. The van der Waals surface area contributed by atoms with Crippen molar-refractivity contribution in [2.24, 2.45) is 15.9 Å². The predicted octanol–water partition coefficient (Wildman–Crippen LogP) is 11.0. The average molecular weight is 790 g/mol. The van der Waals surface area contributed by atoms with Gasteiger partial charge in [0.2, 0.25) is 5.78 Å². The van der Waals surface area contributed by atoms with Crippen molar-refractivity contribution in [2.45, 2.75) is 94.3 Å². The van der Waals surface area contributed by atoms with E-state index in [1.807, 2.05) is 66.1 Å². The van der Waals surface area contributed by atoms with Crippen LogP contribution in [-0.4, -0.2) is 48.9 Å². The molecule has 306 valence electrons. The summed E-state index contributed by atoms with van der Waals surface area (Å²) >= 11 is 0. The molecule has 1 amide bonds. The molecule has 0 fully saturated rings. The SMILES string of the molecule is C=C/C=C\C=C/C(C)C(=C)C(=N/C(C)=C(\CC)C(=NCC)C(=O)NCC/C(C)=C/Nc1c(C)cccc1C)c1ccc(CNC)cc1.CC.CC(=O)C(F)(F)P. The third-order valence-electron chi connectivity index (χ3n) is 8.33. The number of carbonyl (C=O) groups is 2. The van der Waals surface area contributed by atoms with Gasteiger partial charge in [0, 0.05) is 55.0 Å². The van der Waals surface area contributed by atoms with E-state index < -0.39 is 11.4 Å². The number of ketones is 1. The lowest BCUT2D eigenvalue weighted by Gasteiger charge is -2.17. The summed E-state index contributed by atoms with van der Waals surface area (Å²) in [5.74, 6) is -1.28. The highest BCUT2D eigenvalue weighted by molar-refractivity contribution is 7.20. The van der Waals surface area contributed by atoms with Crippen molar-refractivity contribution in [3.63, 3.8) is 0 Å². The van der Waals surface area contributed by atoms with E-state index in [9.17, 15) is 18.4 Å². The van der Waals surface area contributed by atoms with Crippen LogP contribution in [0.4, 0.5) is 14.5 Å². The third-order valence-corrected chi connectivity index (χ3v) is 8.73. The van der Waals surface area contributed by atoms with Gasteiger partial charge in [0.25, 0.3) is 5.91 Å². The average Bonchev–Trinajstić information content (AvgIpc) is 3.16. The second kappa shape index (κ2) is 27.9. The summed E-state index contributed by atoms with van der Waals surface area (Å²) in [5.41, 5.74) is 7.28. The van der Waals surface area contributed by atoms with Gasteiger partial charge in [0.05, 0.1) is 5.71 Å². The number of halogens is 2. The normalized spacial score (nSPS) is 13.2. The standard InChI is InChI=1S/C41H55N5O.C3H5F2OP.C2H6/c1-11-14-15-16-18-30(5)33(8)39(36-23-21-35(22-24-36)28-42-10)46-34(9)37(12-2)40(43-13-3)41(47)44-26-25-29(4)27-45-38-31(6)19-17-20-32(38)7;1-2(6)3(4,5)7;1-2/h11,14-24,27,30,42,45H,1,8,12-13,25-26,28H2,2-7,9-10H3,(H,44,47);7H2,1H3;1-2H3/b15-14-,18-16-,29-27+,37-34+,43-40?,46-39?;;. The highest BCUT2D eigenvalue weighted by Gasteiger charge is 2.27. The van der Waals surface area contributed by atoms with E-state index in [-0.39, 0.29) is 11.8 Å². The van der Waals surface area contributed by atoms with Crippen molar-refractivity contribution in [1.29, 1.82) is 0 Å². The van der Waals surface area contributed by atoms with Crippen molar-refractivity contribution >= 4 is 38.0 Å². The molecule has 2 unspecified atom stereocenters. The highest BCUT2D eigenvalue weighted by atomic mass is 31.0. The maximum atomic E-state index is 13.6. The minimum atomic E-state index is -3.22. The largest absolute Gasteiger partial charge is 0.361 e. The molecule has 3 N–H and O–H groups in total. The molecule has 0 aliphatic heterocycles. The fourth-order valence-corrected chi connectivity index (χ4v) is 5.07. The van der Waals surface area contributed by atoms with E-state index in [0.717, 1.165) is 62.1 Å². The molecule has 2 aromatic carbocycles. The first kappa shape index (κ1) is 51.4. The zero-order chi connectivity index (χ0) is 42.8. The number of hydrogen-bond acceptors (Lipinski definition) is 6. The van der Waals surface area contributed by atoms with Gasteiger partial charge in [0.1, 0.15) is 5.71 Å². The van der Waals surface area contributed by atoms with E-state index in [0.29, 0.717) is 31.6 Å². The quantitative estimate of drug-likeness (QED) is 0.0750. The number of nitrogens with one attached hydrogen (secondary N) is 3. The minimum absolute atomic E-state index is 0.0330. The maximum Gasteiger partial charge on any atom is 0.315 e. The van der Waals surface area contributed by atoms with Crippen molar-refractivity contribution in [3.05, 3.63) is 137 Å².